The smallest absolute Gasteiger partial charge is 0.0953 e. The van der Waals surface area contributed by atoms with E-state index in [9.17, 15) is 0 Å². The normalized spacial score (nSPS) is 11.2. The monoisotopic (exact) mass is 258 g/mol. The maximum atomic E-state index is 4.41. The van der Waals surface area contributed by atoms with E-state index in [0.717, 1.165) is 25.3 Å². The molecule has 19 heavy (non-hydrogen) atoms. The zero-order valence-corrected chi connectivity index (χ0v) is 11.9. The maximum Gasteiger partial charge on any atom is 0.0953 e. The lowest BCUT2D eigenvalue weighted by Gasteiger charge is -2.05. The third kappa shape index (κ3) is 4.48. The summed E-state index contributed by atoms with van der Waals surface area (Å²) in [6.45, 7) is 9.15. The summed E-state index contributed by atoms with van der Waals surface area (Å²) in [4.78, 5) is 8.62. The van der Waals surface area contributed by atoms with Crippen molar-refractivity contribution >= 4 is 0 Å². The van der Waals surface area contributed by atoms with Crippen LogP contribution in [0.2, 0.25) is 0 Å². The molecule has 0 fully saturated rings. The number of rotatable bonds is 6. The van der Waals surface area contributed by atoms with E-state index < -0.39 is 0 Å². The van der Waals surface area contributed by atoms with Gasteiger partial charge in [-0.15, -0.1) is 0 Å². The number of nitrogens with zero attached hydrogens (tertiary/aromatic N) is 3. The van der Waals surface area contributed by atoms with Crippen LogP contribution in [0.25, 0.3) is 0 Å². The van der Waals surface area contributed by atoms with Crippen molar-refractivity contribution < 1.29 is 0 Å². The molecule has 0 saturated carbocycles. The average Bonchev–Trinajstić information content (AvgIpc) is 2.76. The summed E-state index contributed by atoms with van der Waals surface area (Å²) in [6, 6.07) is 2.16. The zero-order chi connectivity index (χ0) is 13.7. The fraction of sp³-hybridized carbons (Fsp3) is 0.467. The quantitative estimate of drug-likeness (QED) is 0.865. The zero-order valence-electron chi connectivity index (χ0n) is 11.9. The average molecular weight is 258 g/mol. The van der Waals surface area contributed by atoms with Crippen LogP contribution in [-0.2, 0) is 13.1 Å². The van der Waals surface area contributed by atoms with E-state index in [1.807, 2.05) is 18.7 Å². The number of aromatic nitrogens is 3. The highest BCUT2D eigenvalue weighted by Crippen LogP contribution is 2.05. The predicted molar refractivity (Wildman–Crippen MR) is 76.8 cm³/mol. The molecule has 0 unspecified atom stereocenters. The third-order valence-corrected chi connectivity index (χ3v) is 2.84. The molecule has 0 aliphatic heterocycles. The van der Waals surface area contributed by atoms with Crippen molar-refractivity contribution in [3.8, 4) is 0 Å². The Bertz CT molecular complexity index is 516. The standard InChI is InChI=1S/C15H22N4/c1-12(2)5-16-8-15-10-19(11-18-15)9-14-4-13(3)6-17-7-14/h4,6-7,10-12,16H,5,8-9H2,1-3H3. The van der Waals surface area contributed by atoms with Gasteiger partial charge in [0, 0.05) is 25.1 Å². The van der Waals surface area contributed by atoms with Crippen molar-refractivity contribution in [1.82, 2.24) is 19.9 Å². The molecule has 102 valence electrons. The first-order valence-electron chi connectivity index (χ1n) is 6.75. The lowest BCUT2D eigenvalue weighted by molar-refractivity contribution is 0.548. The van der Waals surface area contributed by atoms with Crippen LogP contribution in [0.3, 0.4) is 0 Å². The molecule has 0 atom stereocenters. The lowest BCUT2D eigenvalue weighted by Crippen LogP contribution is -2.19. The second-order valence-electron chi connectivity index (χ2n) is 5.43. The largest absolute Gasteiger partial charge is 0.333 e. The Balaban J connectivity index is 1.90. The minimum absolute atomic E-state index is 0.667. The Morgan fingerprint density at radius 2 is 2.16 bits per heavy atom. The van der Waals surface area contributed by atoms with Gasteiger partial charge in [0.1, 0.15) is 0 Å². The number of hydrogen-bond donors (Lipinski definition) is 1. The highest BCUT2D eigenvalue weighted by atomic mass is 15.0. The second-order valence-corrected chi connectivity index (χ2v) is 5.43. The molecule has 4 heteroatoms. The second kappa shape index (κ2) is 6.48. The Hall–Kier alpha value is -1.68. The van der Waals surface area contributed by atoms with E-state index in [1.54, 1.807) is 0 Å². The van der Waals surface area contributed by atoms with Gasteiger partial charge in [-0.05, 0) is 30.5 Å². The van der Waals surface area contributed by atoms with E-state index in [2.05, 4.69) is 52.9 Å². The van der Waals surface area contributed by atoms with E-state index >= 15 is 0 Å². The lowest BCUT2D eigenvalue weighted by atomic mass is 10.2. The number of hydrogen-bond acceptors (Lipinski definition) is 3. The number of aryl methyl sites for hydroxylation is 1. The van der Waals surface area contributed by atoms with Crippen LogP contribution >= 0.6 is 0 Å². The Morgan fingerprint density at radius 1 is 1.32 bits per heavy atom. The minimum Gasteiger partial charge on any atom is -0.333 e. The van der Waals surface area contributed by atoms with Gasteiger partial charge in [-0.2, -0.15) is 0 Å². The molecule has 0 radical (unpaired) electrons. The molecule has 0 spiro atoms. The highest BCUT2D eigenvalue weighted by molar-refractivity contribution is 5.17. The van der Waals surface area contributed by atoms with Crippen molar-refractivity contribution in [1.29, 1.82) is 0 Å². The van der Waals surface area contributed by atoms with Gasteiger partial charge < -0.3 is 9.88 Å². The van der Waals surface area contributed by atoms with Crippen LogP contribution in [0.5, 0.6) is 0 Å². The van der Waals surface area contributed by atoms with Crippen molar-refractivity contribution in [2.75, 3.05) is 6.54 Å². The maximum absolute atomic E-state index is 4.41. The fourth-order valence-electron chi connectivity index (χ4n) is 1.99. The first-order valence-corrected chi connectivity index (χ1v) is 6.75. The molecule has 0 aliphatic carbocycles. The highest BCUT2D eigenvalue weighted by Gasteiger charge is 2.01. The molecule has 0 amide bonds. The third-order valence-electron chi connectivity index (χ3n) is 2.84. The van der Waals surface area contributed by atoms with Crippen molar-refractivity contribution in [2.24, 2.45) is 5.92 Å². The van der Waals surface area contributed by atoms with Gasteiger partial charge in [-0.3, -0.25) is 4.98 Å². The number of nitrogens with one attached hydrogen (secondary N) is 1. The van der Waals surface area contributed by atoms with Crippen LogP contribution < -0.4 is 5.32 Å². The van der Waals surface area contributed by atoms with Crippen molar-refractivity contribution in [3.63, 3.8) is 0 Å². The van der Waals surface area contributed by atoms with E-state index in [1.165, 1.54) is 11.1 Å². The summed E-state index contributed by atoms with van der Waals surface area (Å²) in [6.07, 6.45) is 7.76. The fourth-order valence-corrected chi connectivity index (χ4v) is 1.99. The summed E-state index contributed by atoms with van der Waals surface area (Å²) < 4.78 is 2.10. The van der Waals surface area contributed by atoms with Gasteiger partial charge in [-0.1, -0.05) is 19.9 Å². The van der Waals surface area contributed by atoms with Crippen LogP contribution in [0.15, 0.2) is 31.0 Å². The molecule has 2 rings (SSSR count). The number of pyridine rings is 1. The Kier molecular flexibility index (Phi) is 4.68. The van der Waals surface area contributed by atoms with Crippen LogP contribution in [-0.4, -0.2) is 21.1 Å². The van der Waals surface area contributed by atoms with Gasteiger partial charge in [0.05, 0.1) is 18.6 Å². The molecule has 0 aliphatic rings. The SMILES string of the molecule is Cc1cncc(Cn2cnc(CNCC(C)C)c2)c1. The molecular weight excluding hydrogens is 236 g/mol. The molecule has 2 aromatic rings. The summed E-state index contributed by atoms with van der Waals surface area (Å²) >= 11 is 0. The molecular formula is C15H22N4. The van der Waals surface area contributed by atoms with Gasteiger partial charge in [-0.25, -0.2) is 4.98 Å². The van der Waals surface area contributed by atoms with Crippen molar-refractivity contribution in [3.05, 3.63) is 47.8 Å². The minimum atomic E-state index is 0.667. The molecule has 4 nitrogen and oxygen atoms in total. The van der Waals surface area contributed by atoms with Crippen LogP contribution in [0.1, 0.15) is 30.7 Å². The summed E-state index contributed by atoms with van der Waals surface area (Å²) in [7, 11) is 0. The van der Waals surface area contributed by atoms with Crippen LogP contribution in [0.4, 0.5) is 0 Å². The first-order chi connectivity index (χ1) is 9.13. The molecule has 1 N–H and O–H groups in total. The Morgan fingerprint density at radius 3 is 2.89 bits per heavy atom. The topological polar surface area (TPSA) is 42.7 Å². The Labute approximate surface area is 114 Å². The van der Waals surface area contributed by atoms with E-state index in [4.69, 9.17) is 0 Å². The van der Waals surface area contributed by atoms with E-state index in [-0.39, 0.29) is 0 Å². The predicted octanol–water partition coefficient (Wildman–Crippen LogP) is 2.38. The molecule has 0 bridgehead atoms. The van der Waals surface area contributed by atoms with Gasteiger partial charge >= 0.3 is 0 Å². The molecule has 2 heterocycles. The molecule has 0 aromatic carbocycles. The summed E-state index contributed by atoms with van der Waals surface area (Å²) in [5.41, 5.74) is 3.48. The van der Waals surface area contributed by atoms with E-state index in [0.29, 0.717) is 5.92 Å². The van der Waals surface area contributed by atoms with Gasteiger partial charge in [0.15, 0.2) is 0 Å². The summed E-state index contributed by atoms with van der Waals surface area (Å²) in [5, 5.41) is 3.40. The van der Waals surface area contributed by atoms with Gasteiger partial charge in [0.2, 0.25) is 0 Å². The van der Waals surface area contributed by atoms with Crippen molar-refractivity contribution in [2.45, 2.75) is 33.9 Å². The summed E-state index contributed by atoms with van der Waals surface area (Å²) in [5.74, 6) is 0.667. The van der Waals surface area contributed by atoms with Crippen LogP contribution in [0, 0.1) is 12.8 Å². The molecule has 0 saturated heterocycles. The molecule has 2 aromatic heterocycles. The first kappa shape index (κ1) is 13.7. The number of imidazole rings is 1. The van der Waals surface area contributed by atoms with Gasteiger partial charge in [0.25, 0.3) is 0 Å².